The second kappa shape index (κ2) is 4.42. The summed E-state index contributed by atoms with van der Waals surface area (Å²) in [5, 5.41) is 13.8. The number of aromatic amines is 1. The molecule has 2 N–H and O–H groups in total. The third-order valence-corrected chi connectivity index (χ3v) is 3.73. The summed E-state index contributed by atoms with van der Waals surface area (Å²) in [4.78, 5) is 0. The van der Waals surface area contributed by atoms with Crippen molar-refractivity contribution in [3.63, 3.8) is 0 Å². The highest BCUT2D eigenvalue weighted by atomic mass is 32.2. The summed E-state index contributed by atoms with van der Waals surface area (Å²) in [7, 11) is -3.59. The molecule has 2 unspecified atom stereocenters. The first-order valence-corrected chi connectivity index (χ1v) is 5.91. The highest BCUT2D eigenvalue weighted by Crippen LogP contribution is 2.12. The Labute approximate surface area is 88.4 Å². The Morgan fingerprint density at radius 2 is 2.27 bits per heavy atom. The lowest BCUT2D eigenvalue weighted by Crippen LogP contribution is -2.33. The van der Waals surface area contributed by atoms with Gasteiger partial charge >= 0.3 is 0 Å². The summed E-state index contributed by atoms with van der Waals surface area (Å²) in [6, 6.07) is 1.28. The number of aromatic nitrogens is 2. The molecule has 0 aliphatic carbocycles. The first-order valence-electron chi connectivity index (χ1n) is 4.37. The van der Waals surface area contributed by atoms with Gasteiger partial charge in [0.2, 0.25) is 10.0 Å². The van der Waals surface area contributed by atoms with Crippen LogP contribution in [-0.4, -0.2) is 23.9 Å². The van der Waals surface area contributed by atoms with Crippen molar-refractivity contribution in [3.8, 4) is 6.07 Å². The average Bonchev–Trinajstić information content (AvgIpc) is 2.68. The van der Waals surface area contributed by atoms with Crippen molar-refractivity contribution >= 4 is 10.0 Å². The Morgan fingerprint density at radius 1 is 1.60 bits per heavy atom. The van der Waals surface area contributed by atoms with Gasteiger partial charge in [0.15, 0.2) is 5.25 Å². The summed E-state index contributed by atoms with van der Waals surface area (Å²) in [5.74, 6) is 0. The van der Waals surface area contributed by atoms with Crippen molar-refractivity contribution in [3.05, 3.63) is 18.0 Å². The van der Waals surface area contributed by atoms with Gasteiger partial charge in [-0.1, -0.05) is 0 Å². The van der Waals surface area contributed by atoms with Crippen LogP contribution in [0.5, 0.6) is 0 Å². The number of H-pyrrole nitrogens is 1. The van der Waals surface area contributed by atoms with Crippen LogP contribution >= 0.6 is 0 Å². The molecule has 0 saturated heterocycles. The van der Waals surface area contributed by atoms with Crippen molar-refractivity contribution in [1.29, 1.82) is 5.26 Å². The average molecular weight is 228 g/mol. The maximum absolute atomic E-state index is 11.5. The van der Waals surface area contributed by atoms with E-state index in [1.807, 2.05) is 0 Å². The zero-order chi connectivity index (χ0) is 11.5. The van der Waals surface area contributed by atoms with Gasteiger partial charge in [0, 0.05) is 17.8 Å². The quantitative estimate of drug-likeness (QED) is 0.774. The molecule has 1 aromatic rings. The van der Waals surface area contributed by atoms with E-state index < -0.39 is 21.3 Å². The van der Waals surface area contributed by atoms with Crippen LogP contribution < -0.4 is 4.72 Å². The first-order chi connectivity index (χ1) is 6.97. The lowest BCUT2D eigenvalue weighted by molar-refractivity contribution is 0.562. The molecule has 0 fully saturated rings. The third-order valence-electron chi connectivity index (χ3n) is 2.01. The molecule has 2 atom stereocenters. The second-order valence-corrected chi connectivity index (χ2v) is 5.22. The number of nitrogens with one attached hydrogen (secondary N) is 2. The van der Waals surface area contributed by atoms with Crippen LogP contribution in [0, 0.1) is 11.3 Å². The Morgan fingerprint density at radius 3 is 2.73 bits per heavy atom. The SMILES string of the molecule is CC(NS(=O)(=O)C(C)C#N)c1cn[nH]c1. The number of sulfonamides is 1. The first kappa shape index (κ1) is 11.7. The van der Waals surface area contributed by atoms with Crippen LogP contribution in [-0.2, 0) is 10.0 Å². The molecule has 0 spiro atoms. The largest absolute Gasteiger partial charge is 0.285 e. The van der Waals surface area contributed by atoms with Gasteiger partial charge in [0.1, 0.15) is 0 Å². The van der Waals surface area contributed by atoms with Gasteiger partial charge in [-0.2, -0.15) is 10.4 Å². The molecule has 6 nitrogen and oxygen atoms in total. The molecule has 0 aromatic carbocycles. The predicted octanol–water partition coefficient (Wildman–Crippen LogP) is 0.302. The molecular weight excluding hydrogens is 216 g/mol. The number of hydrogen-bond donors (Lipinski definition) is 2. The van der Waals surface area contributed by atoms with E-state index in [4.69, 9.17) is 5.26 Å². The fourth-order valence-corrected chi connectivity index (χ4v) is 1.96. The molecule has 0 aliphatic rings. The minimum Gasteiger partial charge on any atom is -0.285 e. The monoisotopic (exact) mass is 228 g/mol. The van der Waals surface area contributed by atoms with Gasteiger partial charge in [0.05, 0.1) is 12.3 Å². The molecular formula is C8H12N4O2S. The number of nitriles is 1. The minimum absolute atomic E-state index is 0.399. The lowest BCUT2D eigenvalue weighted by Gasteiger charge is -2.13. The predicted molar refractivity (Wildman–Crippen MR) is 54.1 cm³/mol. The van der Waals surface area contributed by atoms with E-state index in [0.717, 1.165) is 5.56 Å². The molecule has 0 radical (unpaired) electrons. The molecule has 0 aliphatic heterocycles. The van der Waals surface area contributed by atoms with Crippen LogP contribution in [0.4, 0.5) is 0 Å². The number of hydrogen-bond acceptors (Lipinski definition) is 4. The smallest absolute Gasteiger partial charge is 0.228 e. The minimum atomic E-state index is -3.59. The fraction of sp³-hybridized carbons (Fsp3) is 0.500. The molecule has 0 saturated carbocycles. The fourth-order valence-electron chi connectivity index (χ4n) is 0.984. The van der Waals surface area contributed by atoms with E-state index in [0.29, 0.717) is 0 Å². The number of nitrogens with zero attached hydrogens (tertiary/aromatic N) is 2. The Kier molecular flexibility index (Phi) is 3.44. The van der Waals surface area contributed by atoms with E-state index in [2.05, 4.69) is 14.9 Å². The maximum atomic E-state index is 11.5. The Balaban J connectivity index is 2.76. The number of rotatable bonds is 4. The zero-order valence-electron chi connectivity index (χ0n) is 8.43. The Bertz CT molecular complexity index is 445. The molecule has 0 amide bonds. The van der Waals surface area contributed by atoms with Crippen molar-refractivity contribution in [2.45, 2.75) is 25.1 Å². The summed E-state index contributed by atoms with van der Waals surface area (Å²) in [6.45, 7) is 3.02. The highest BCUT2D eigenvalue weighted by Gasteiger charge is 2.23. The van der Waals surface area contributed by atoms with Gasteiger partial charge in [-0.05, 0) is 13.8 Å². The molecule has 7 heteroatoms. The van der Waals surface area contributed by atoms with E-state index in [-0.39, 0.29) is 0 Å². The lowest BCUT2D eigenvalue weighted by atomic mass is 10.2. The normalized spacial score (nSPS) is 15.5. The van der Waals surface area contributed by atoms with Crippen molar-refractivity contribution < 1.29 is 8.42 Å². The zero-order valence-corrected chi connectivity index (χ0v) is 9.25. The van der Waals surface area contributed by atoms with Gasteiger partial charge in [-0.3, -0.25) is 5.10 Å². The van der Waals surface area contributed by atoms with Gasteiger partial charge in [-0.25, -0.2) is 13.1 Å². The van der Waals surface area contributed by atoms with E-state index in [1.54, 1.807) is 19.2 Å². The standard InChI is InChI=1S/C8H12N4O2S/c1-6(3-9)15(13,14)12-7(2)8-4-10-11-5-8/h4-7,12H,1-2H3,(H,10,11). The van der Waals surface area contributed by atoms with Crippen molar-refractivity contribution in [1.82, 2.24) is 14.9 Å². The summed E-state index contributed by atoms with van der Waals surface area (Å²) < 4.78 is 25.4. The molecule has 1 heterocycles. The van der Waals surface area contributed by atoms with Crippen LogP contribution in [0.2, 0.25) is 0 Å². The van der Waals surface area contributed by atoms with Crippen molar-refractivity contribution in [2.24, 2.45) is 0 Å². The van der Waals surface area contributed by atoms with Gasteiger partial charge < -0.3 is 0 Å². The third kappa shape index (κ3) is 2.78. The van der Waals surface area contributed by atoms with E-state index in [1.165, 1.54) is 13.1 Å². The van der Waals surface area contributed by atoms with Crippen LogP contribution in [0.1, 0.15) is 25.5 Å². The molecule has 15 heavy (non-hydrogen) atoms. The summed E-state index contributed by atoms with van der Waals surface area (Å²) >= 11 is 0. The Hall–Kier alpha value is -1.39. The van der Waals surface area contributed by atoms with Crippen LogP contribution in [0.15, 0.2) is 12.4 Å². The van der Waals surface area contributed by atoms with Crippen LogP contribution in [0.25, 0.3) is 0 Å². The summed E-state index contributed by atoms with van der Waals surface area (Å²) in [5.41, 5.74) is 0.726. The highest BCUT2D eigenvalue weighted by molar-refractivity contribution is 7.90. The summed E-state index contributed by atoms with van der Waals surface area (Å²) in [6.07, 6.45) is 3.13. The van der Waals surface area contributed by atoms with E-state index >= 15 is 0 Å². The van der Waals surface area contributed by atoms with Crippen LogP contribution in [0.3, 0.4) is 0 Å². The molecule has 1 aromatic heterocycles. The second-order valence-electron chi connectivity index (χ2n) is 3.19. The van der Waals surface area contributed by atoms with Crippen molar-refractivity contribution in [2.75, 3.05) is 0 Å². The maximum Gasteiger partial charge on any atom is 0.228 e. The van der Waals surface area contributed by atoms with Gasteiger partial charge in [-0.15, -0.1) is 0 Å². The van der Waals surface area contributed by atoms with E-state index in [9.17, 15) is 8.42 Å². The topological polar surface area (TPSA) is 98.6 Å². The molecule has 0 bridgehead atoms. The molecule has 82 valence electrons. The molecule has 1 rings (SSSR count). The van der Waals surface area contributed by atoms with Gasteiger partial charge in [0.25, 0.3) is 0 Å².